The van der Waals surface area contributed by atoms with Gasteiger partial charge >= 0.3 is 13.8 Å². The highest BCUT2D eigenvalue weighted by molar-refractivity contribution is 7.89. The maximum Gasteiger partial charge on any atom is 0.416 e. The molecule has 10 nitrogen and oxygen atoms in total. The van der Waals surface area contributed by atoms with E-state index < -0.39 is 56.0 Å². The molecule has 176 valence electrons. The number of sulfonamides is 1. The van der Waals surface area contributed by atoms with E-state index in [1.165, 1.54) is 0 Å². The van der Waals surface area contributed by atoms with Crippen molar-refractivity contribution in [3.05, 3.63) is 69.0 Å². The van der Waals surface area contributed by atoms with Crippen LogP contribution in [0.2, 0.25) is 5.02 Å². The molecule has 3 rings (SSSR count). The molecule has 0 atom stereocenters. The van der Waals surface area contributed by atoms with Gasteiger partial charge in [0.25, 0.3) is 21.5 Å². The Hall–Kier alpha value is -2.74. The number of hydrazine groups is 1. The van der Waals surface area contributed by atoms with Crippen molar-refractivity contribution in [3.8, 4) is 0 Å². The second-order valence-electron chi connectivity index (χ2n) is 6.53. The van der Waals surface area contributed by atoms with Gasteiger partial charge in [-0.15, -0.1) is 4.83 Å². The minimum atomic E-state index is -4.97. The van der Waals surface area contributed by atoms with Gasteiger partial charge in [-0.1, -0.05) is 11.6 Å². The number of rotatable bonds is 5. The molecule has 1 aromatic heterocycles. The fourth-order valence-electron chi connectivity index (χ4n) is 2.67. The number of benzene rings is 2. The molecule has 0 aliphatic carbocycles. The third kappa shape index (κ3) is 5.43. The predicted molar refractivity (Wildman–Crippen MR) is 110 cm³/mol. The third-order valence-corrected chi connectivity index (χ3v) is 6.93. The summed E-state index contributed by atoms with van der Waals surface area (Å²) in [6.07, 6.45) is -4.62. The van der Waals surface area contributed by atoms with Crippen LogP contribution in [-0.2, 0) is 20.8 Å². The molecular weight excluding hydrogens is 514 g/mol. The van der Waals surface area contributed by atoms with E-state index in [2.05, 4.69) is 4.98 Å². The molecule has 5 N–H and O–H groups in total. The Bertz CT molecular complexity index is 1470. The Morgan fingerprint density at radius 3 is 2.24 bits per heavy atom. The van der Waals surface area contributed by atoms with E-state index in [9.17, 15) is 45.5 Å². The summed E-state index contributed by atoms with van der Waals surface area (Å²) < 4.78 is 74.4. The van der Waals surface area contributed by atoms with Gasteiger partial charge in [0, 0.05) is 16.5 Å². The van der Waals surface area contributed by atoms with Crippen molar-refractivity contribution in [2.24, 2.45) is 0 Å². The van der Waals surface area contributed by atoms with E-state index in [0.29, 0.717) is 12.1 Å². The van der Waals surface area contributed by atoms with Crippen LogP contribution in [0, 0.1) is 0 Å². The van der Waals surface area contributed by atoms with Crippen molar-refractivity contribution in [1.82, 2.24) is 15.2 Å². The van der Waals surface area contributed by atoms with Gasteiger partial charge in [0.2, 0.25) is 0 Å². The lowest BCUT2D eigenvalue weighted by Crippen LogP contribution is -2.41. The second-order valence-corrected chi connectivity index (χ2v) is 10.2. The summed E-state index contributed by atoms with van der Waals surface area (Å²) in [4.78, 5) is 45.7. The third-order valence-electron chi connectivity index (χ3n) is 4.25. The van der Waals surface area contributed by atoms with Gasteiger partial charge in [0.15, 0.2) is 0 Å². The molecule has 2 aromatic carbocycles. The van der Waals surface area contributed by atoms with E-state index >= 15 is 0 Å². The van der Waals surface area contributed by atoms with Gasteiger partial charge in [-0.05, 0) is 42.5 Å². The highest BCUT2D eigenvalue weighted by Crippen LogP contribution is 2.33. The lowest BCUT2D eigenvalue weighted by atomic mass is 10.1. The number of hydrogen-bond donors (Lipinski definition) is 5. The first kappa shape index (κ1) is 24.9. The van der Waals surface area contributed by atoms with Crippen molar-refractivity contribution >= 4 is 51.3 Å². The van der Waals surface area contributed by atoms with Crippen molar-refractivity contribution in [2.75, 3.05) is 0 Å². The van der Waals surface area contributed by atoms with E-state index in [0.717, 1.165) is 30.3 Å². The predicted octanol–water partition coefficient (Wildman–Crippen LogP) is 1.63. The molecule has 3 aromatic rings. The molecule has 0 aliphatic rings. The molecule has 1 amide bonds. The molecule has 0 fully saturated rings. The number of nitrogens with one attached hydrogen (secondary N) is 3. The summed E-state index contributed by atoms with van der Waals surface area (Å²) in [6, 6.07) is 5.69. The first-order chi connectivity index (χ1) is 15.1. The molecule has 0 unspecified atom stereocenters. The Morgan fingerprint density at radius 1 is 1.09 bits per heavy atom. The molecule has 0 saturated carbocycles. The number of amides is 1. The van der Waals surface area contributed by atoms with Crippen molar-refractivity contribution in [2.45, 2.75) is 11.1 Å². The van der Waals surface area contributed by atoms with Gasteiger partial charge in [-0.2, -0.15) is 13.2 Å². The maximum atomic E-state index is 12.6. The van der Waals surface area contributed by atoms with Crippen LogP contribution in [0.15, 0.2) is 52.2 Å². The summed E-state index contributed by atoms with van der Waals surface area (Å²) in [6.45, 7) is 0. The van der Waals surface area contributed by atoms with Crippen LogP contribution >= 0.6 is 19.2 Å². The number of alkyl halides is 3. The summed E-state index contributed by atoms with van der Waals surface area (Å²) >= 11 is 5.95. The number of hydrogen-bond acceptors (Lipinski definition) is 5. The van der Waals surface area contributed by atoms with Crippen LogP contribution in [0.5, 0.6) is 0 Å². The van der Waals surface area contributed by atoms with Crippen molar-refractivity contribution in [1.29, 1.82) is 0 Å². The smallest absolute Gasteiger partial charge is 0.321 e. The average Bonchev–Trinajstić information content (AvgIpc) is 2.69. The summed E-state index contributed by atoms with van der Waals surface area (Å²) in [5.41, 5.74) is -0.578. The fourth-order valence-corrected chi connectivity index (χ4v) is 4.70. The Morgan fingerprint density at radius 2 is 1.70 bits per heavy atom. The van der Waals surface area contributed by atoms with Gasteiger partial charge in [0.05, 0.1) is 10.6 Å². The van der Waals surface area contributed by atoms with E-state index in [4.69, 9.17) is 11.6 Å². The van der Waals surface area contributed by atoms with E-state index in [1.54, 1.807) is 4.83 Å². The number of carbonyl (C=O) groups is 1. The van der Waals surface area contributed by atoms with Crippen LogP contribution in [0.1, 0.15) is 15.9 Å². The van der Waals surface area contributed by atoms with Crippen LogP contribution in [0.3, 0.4) is 0 Å². The molecule has 0 bridgehead atoms. The molecule has 1 heterocycles. The second kappa shape index (κ2) is 8.56. The monoisotopic (exact) mass is 525 g/mol. The zero-order valence-corrected chi connectivity index (χ0v) is 18.3. The van der Waals surface area contributed by atoms with Crippen LogP contribution < -0.4 is 21.1 Å². The molecule has 0 aliphatic heterocycles. The lowest BCUT2D eigenvalue weighted by Gasteiger charge is -2.12. The van der Waals surface area contributed by atoms with Gasteiger partial charge in [-0.25, -0.2) is 8.42 Å². The normalized spacial score (nSPS) is 12.7. The molecular formula is C17H12ClF3N3O7PS. The maximum absolute atomic E-state index is 12.6. The SMILES string of the molecule is O=C(NNS(=O)(=O)c1cc2cc(P(=O)(O)O)c(=O)[nH]c2cc1Cl)c1ccc(C(F)(F)F)cc1. The first-order valence-electron chi connectivity index (χ1n) is 8.52. The number of carbonyl (C=O) groups excluding carboxylic acids is 1. The number of aromatic nitrogens is 1. The van der Waals surface area contributed by atoms with Crippen molar-refractivity contribution in [3.63, 3.8) is 0 Å². The molecule has 33 heavy (non-hydrogen) atoms. The number of fused-ring (bicyclic) bond motifs is 1. The Balaban J connectivity index is 1.89. The minimum Gasteiger partial charge on any atom is -0.321 e. The topological polar surface area (TPSA) is 166 Å². The molecule has 0 saturated heterocycles. The summed E-state index contributed by atoms with van der Waals surface area (Å²) in [5.74, 6) is -1.07. The number of H-pyrrole nitrogens is 1. The lowest BCUT2D eigenvalue weighted by molar-refractivity contribution is -0.137. The number of aromatic amines is 1. The standard InChI is InChI=1S/C17H12ClF3N3O7PS/c18-11-7-12-9(5-13(16(26)22-12)32(27,28)29)6-14(11)33(30,31)24-23-15(25)8-1-3-10(4-2-8)17(19,20)21/h1-7,24H,(H,22,26)(H,23,25)(H2,27,28,29). The Kier molecular flexibility index (Phi) is 6.45. The minimum absolute atomic E-state index is 0.0186. The first-order valence-corrected chi connectivity index (χ1v) is 12.0. The van der Waals surface area contributed by atoms with E-state index in [1.807, 2.05) is 5.43 Å². The quantitative estimate of drug-likeness (QED) is 0.249. The Labute approximate surface area is 187 Å². The van der Waals surface area contributed by atoms with Gasteiger partial charge < -0.3 is 14.8 Å². The highest BCUT2D eigenvalue weighted by atomic mass is 35.5. The van der Waals surface area contributed by atoms with Crippen LogP contribution in [-0.4, -0.2) is 29.1 Å². The van der Waals surface area contributed by atoms with E-state index in [-0.39, 0.29) is 16.5 Å². The fraction of sp³-hybridized carbons (Fsp3) is 0.0588. The van der Waals surface area contributed by atoms with Crippen molar-refractivity contribution < 1.29 is 40.7 Å². The largest absolute Gasteiger partial charge is 0.416 e. The number of halogens is 4. The zero-order chi connectivity index (χ0) is 24.8. The molecule has 16 heteroatoms. The molecule has 0 spiro atoms. The summed E-state index contributed by atoms with van der Waals surface area (Å²) in [5, 5.41) is -1.39. The van der Waals surface area contributed by atoms with Gasteiger partial charge in [0.1, 0.15) is 10.2 Å². The van der Waals surface area contributed by atoms with Crippen LogP contribution in [0.25, 0.3) is 10.9 Å². The van der Waals surface area contributed by atoms with Crippen LogP contribution in [0.4, 0.5) is 13.2 Å². The highest BCUT2D eigenvalue weighted by Gasteiger charge is 2.30. The number of pyridine rings is 1. The molecule has 0 radical (unpaired) electrons. The summed E-state index contributed by atoms with van der Waals surface area (Å²) in [7, 11) is -9.53. The van der Waals surface area contributed by atoms with Gasteiger partial charge in [-0.3, -0.25) is 19.6 Å². The zero-order valence-electron chi connectivity index (χ0n) is 15.8. The average molecular weight is 526 g/mol.